The standard InChI is InChI=1S/C63H48N2/c1-63(2)61-26-16-15-25-59(61)60-40-39-58(44-62(60)63)65(54-23-13-6-14-24-54)57-37-31-49(32-38-57)52-42-50(46-19-9-4-10-20-46)41-51(43-52)48-29-35-56(36-30-48)64(53-21-11-5-12-22-53)55-33-27-47(28-34-55)45-17-7-3-8-18-45/h3-44H,1-2H3. The number of hydrogen-bond acceptors (Lipinski definition) is 2. The Balaban J connectivity index is 0.948. The minimum absolute atomic E-state index is 0.0909. The van der Waals surface area contributed by atoms with Gasteiger partial charge >= 0.3 is 0 Å². The van der Waals surface area contributed by atoms with Crippen LogP contribution in [-0.4, -0.2) is 0 Å². The molecule has 10 aromatic carbocycles. The molecule has 0 unspecified atom stereocenters. The van der Waals surface area contributed by atoms with Crippen LogP contribution in [0.15, 0.2) is 255 Å². The first-order valence-electron chi connectivity index (χ1n) is 22.5. The molecular weight excluding hydrogens is 785 g/mol. The first kappa shape index (κ1) is 39.6. The molecule has 1 aliphatic carbocycles. The number of rotatable bonds is 10. The van der Waals surface area contributed by atoms with Crippen molar-refractivity contribution in [1.82, 2.24) is 0 Å². The van der Waals surface area contributed by atoms with E-state index >= 15 is 0 Å². The zero-order valence-corrected chi connectivity index (χ0v) is 36.6. The molecule has 1 aliphatic rings. The lowest BCUT2D eigenvalue weighted by molar-refractivity contribution is 0.660. The fraction of sp³-hybridized carbons (Fsp3) is 0.0476. The Labute approximate surface area is 383 Å². The van der Waals surface area contributed by atoms with Crippen molar-refractivity contribution in [2.24, 2.45) is 0 Å². The third-order valence-electron chi connectivity index (χ3n) is 13.0. The van der Waals surface area contributed by atoms with Crippen molar-refractivity contribution in [2.45, 2.75) is 19.3 Å². The lowest BCUT2D eigenvalue weighted by Gasteiger charge is -2.28. The number of fused-ring (bicyclic) bond motifs is 3. The second-order valence-electron chi connectivity index (χ2n) is 17.4. The molecule has 0 bridgehead atoms. The maximum absolute atomic E-state index is 2.40. The molecule has 0 atom stereocenters. The third kappa shape index (κ3) is 7.60. The van der Waals surface area contributed by atoms with E-state index in [9.17, 15) is 0 Å². The van der Waals surface area contributed by atoms with E-state index in [4.69, 9.17) is 0 Å². The smallest absolute Gasteiger partial charge is 0.0465 e. The maximum atomic E-state index is 2.40. The van der Waals surface area contributed by atoms with Crippen LogP contribution in [0.25, 0.3) is 55.6 Å². The van der Waals surface area contributed by atoms with Crippen LogP contribution in [-0.2, 0) is 5.41 Å². The molecule has 0 radical (unpaired) electrons. The quantitative estimate of drug-likeness (QED) is 0.135. The summed E-state index contributed by atoms with van der Waals surface area (Å²) in [5, 5.41) is 0. The van der Waals surface area contributed by atoms with Gasteiger partial charge in [-0.15, -0.1) is 0 Å². The van der Waals surface area contributed by atoms with Crippen LogP contribution in [0.1, 0.15) is 25.0 Å². The van der Waals surface area contributed by atoms with Gasteiger partial charge in [-0.2, -0.15) is 0 Å². The summed E-state index contributed by atoms with van der Waals surface area (Å²) in [5.74, 6) is 0. The second kappa shape index (κ2) is 16.8. The first-order chi connectivity index (χ1) is 32.0. The van der Waals surface area contributed by atoms with Gasteiger partial charge in [-0.25, -0.2) is 0 Å². The van der Waals surface area contributed by atoms with E-state index in [1.54, 1.807) is 0 Å². The van der Waals surface area contributed by atoms with Crippen LogP contribution in [0.5, 0.6) is 0 Å². The largest absolute Gasteiger partial charge is 0.311 e. The lowest BCUT2D eigenvalue weighted by atomic mass is 9.82. The number of hydrogen-bond donors (Lipinski definition) is 0. The van der Waals surface area contributed by atoms with Gasteiger partial charge in [0, 0.05) is 39.5 Å². The summed E-state index contributed by atoms with van der Waals surface area (Å²) < 4.78 is 0. The van der Waals surface area contributed by atoms with Gasteiger partial charge in [-0.3, -0.25) is 0 Å². The summed E-state index contributed by atoms with van der Waals surface area (Å²) in [6.45, 7) is 4.70. The molecule has 0 saturated heterocycles. The van der Waals surface area contributed by atoms with Crippen LogP contribution >= 0.6 is 0 Å². The molecule has 0 fully saturated rings. The molecule has 310 valence electrons. The van der Waals surface area contributed by atoms with E-state index in [2.05, 4.69) is 278 Å². The van der Waals surface area contributed by atoms with Crippen LogP contribution in [0.2, 0.25) is 0 Å². The molecule has 0 N–H and O–H groups in total. The van der Waals surface area contributed by atoms with E-state index < -0.39 is 0 Å². The fourth-order valence-electron chi connectivity index (χ4n) is 9.68. The number of para-hydroxylation sites is 2. The summed E-state index contributed by atoms with van der Waals surface area (Å²) in [5.41, 5.74) is 21.5. The van der Waals surface area contributed by atoms with Crippen molar-refractivity contribution in [3.05, 3.63) is 266 Å². The van der Waals surface area contributed by atoms with Crippen LogP contribution in [0.4, 0.5) is 34.1 Å². The molecule has 2 nitrogen and oxygen atoms in total. The van der Waals surface area contributed by atoms with Crippen LogP contribution in [0, 0.1) is 0 Å². The summed E-state index contributed by atoms with van der Waals surface area (Å²) in [6, 6.07) is 92.4. The Morgan fingerprint density at radius 2 is 0.538 bits per heavy atom. The zero-order chi connectivity index (χ0) is 43.7. The average Bonchev–Trinajstić information content (AvgIpc) is 3.61. The Hall–Kier alpha value is -8.20. The van der Waals surface area contributed by atoms with E-state index in [1.165, 1.54) is 55.6 Å². The van der Waals surface area contributed by atoms with Gasteiger partial charge in [0.15, 0.2) is 0 Å². The maximum Gasteiger partial charge on any atom is 0.0465 e. The van der Waals surface area contributed by atoms with Crippen molar-refractivity contribution in [3.8, 4) is 55.6 Å². The van der Waals surface area contributed by atoms with E-state index in [0.29, 0.717) is 0 Å². The van der Waals surface area contributed by atoms with Crippen molar-refractivity contribution >= 4 is 34.1 Å². The molecule has 11 rings (SSSR count). The molecule has 0 aromatic heterocycles. The highest BCUT2D eigenvalue weighted by Crippen LogP contribution is 2.51. The van der Waals surface area contributed by atoms with Gasteiger partial charge in [0.2, 0.25) is 0 Å². The van der Waals surface area contributed by atoms with Gasteiger partial charge in [-0.05, 0) is 158 Å². The SMILES string of the molecule is CC1(C)c2ccccc2-c2ccc(N(c3ccccc3)c3ccc(-c4cc(-c5ccccc5)cc(-c5ccc(N(c6ccccc6)c6ccc(-c7ccccc7)cc6)cc5)c4)cc3)cc21. The highest BCUT2D eigenvalue weighted by molar-refractivity contribution is 5.88. The number of anilines is 6. The second-order valence-corrected chi connectivity index (χ2v) is 17.4. The Bertz CT molecular complexity index is 3230. The summed E-state index contributed by atoms with van der Waals surface area (Å²) >= 11 is 0. The molecule has 0 aliphatic heterocycles. The number of nitrogens with zero attached hydrogens (tertiary/aromatic N) is 2. The van der Waals surface area contributed by atoms with E-state index in [0.717, 1.165) is 45.3 Å². The Morgan fingerprint density at radius 3 is 1.00 bits per heavy atom. The minimum atomic E-state index is -0.0909. The normalized spacial score (nSPS) is 12.3. The van der Waals surface area contributed by atoms with Crippen molar-refractivity contribution in [1.29, 1.82) is 0 Å². The van der Waals surface area contributed by atoms with Crippen molar-refractivity contribution in [2.75, 3.05) is 9.80 Å². The predicted molar refractivity (Wildman–Crippen MR) is 275 cm³/mol. The third-order valence-corrected chi connectivity index (χ3v) is 13.0. The van der Waals surface area contributed by atoms with Gasteiger partial charge in [0.1, 0.15) is 0 Å². The van der Waals surface area contributed by atoms with Gasteiger partial charge in [-0.1, -0.05) is 178 Å². The van der Waals surface area contributed by atoms with E-state index in [1.807, 2.05) is 0 Å². The molecule has 0 saturated carbocycles. The average molecular weight is 833 g/mol. The molecular formula is C63H48N2. The topological polar surface area (TPSA) is 6.48 Å². The molecule has 0 heterocycles. The molecule has 65 heavy (non-hydrogen) atoms. The minimum Gasteiger partial charge on any atom is -0.311 e. The number of benzene rings is 10. The van der Waals surface area contributed by atoms with E-state index in [-0.39, 0.29) is 5.41 Å². The summed E-state index contributed by atoms with van der Waals surface area (Å²) in [6.07, 6.45) is 0. The van der Waals surface area contributed by atoms with Crippen LogP contribution < -0.4 is 9.80 Å². The van der Waals surface area contributed by atoms with Gasteiger partial charge < -0.3 is 9.80 Å². The first-order valence-corrected chi connectivity index (χ1v) is 22.5. The molecule has 0 spiro atoms. The Kier molecular flexibility index (Phi) is 10.3. The lowest BCUT2D eigenvalue weighted by Crippen LogP contribution is -2.16. The molecule has 0 amide bonds. The highest BCUT2D eigenvalue weighted by Gasteiger charge is 2.35. The van der Waals surface area contributed by atoms with Gasteiger partial charge in [0.05, 0.1) is 0 Å². The fourth-order valence-corrected chi connectivity index (χ4v) is 9.68. The zero-order valence-electron chi connectivity index (χ0n) is 36.6. The monoisotopic (exact) mass is 832 g/mol. The molecule has 2 heteroatoms. The molecule has 10 aromatic rings. The van der Waals surface area contributed by atoms with Crippen molar-refractivity contribution in [3.63, 3.8) is 0 Å². The summed E-state index contributed by atoms with van der Waals surface area (Å²) in [7, 11) is 0. The van der Waals surface area contributed by atoms with Gasteiger partial charge in [0.25, 0.3) is 0 Å². The van der Waals surface area contributed by atoms with Crippen LogP contribution in [0.3, 0.4) is 0 Å². The predicted octanol–water partition coefficient (Wildman–Crippen LogP) is 17.6. The highest BCUT2D eigenvalue weighted by atomic mass is 15.1. The Morgan fingerprint density at radius 1 is 0.231 bits per heavy atom. The summed E-state index contributed by atoms with van der Waals surface area (Å²) in [4.78, 5) is 4.71. The van der Waals surface area contributed by atoms with Crippen molar-refractivity contribution < 1.29 is 0 Å².